The van der Waals surface area contributed by atoms with Crippen molar-refractivity contribution in [1.82, 2.24) is 9.88 Å². The minimum absolute atomic E-state index is 0.178. The Kier molecular flexibility index (Phi) is 6.32. The van der Waals surface area contributed by atoms with Crippen LogP contribution >= 0.6 is 0 Å². The number of amides is 1. The van der Waals surface area contributed by atoms with Crippen LogP contribution in [0, 0.1) is 6.92 Å². The summed E-state index contributed by atoms with van der Waals surface area (Å²) in [4.78, 5) is 18.7. The second-order valence-corrected chi connectivity index (χ2v) is 8.14. The van der Waals surface area contributed by atoms with Crippen LogP contribution in [0.4, 0.5) is 0 Å². The van der Waals surface area contributed by atoms with E-state index in [1.165, 1.54) is 22.1 Å². The largest absolute Gasteiger partial charge is 0.490 e. The molecule has 1 aliphatic heterocycles. The van der Waals surface area contributed by atoms with Crippen molar-refractivity contribution >= 4 is 16.8 Å². The van der Waals surface area contributed by atoms with Crippen molar-refractivity contribution < 1.29 is 9.53 Å². The molecule has 1 fully saturated rings. The van der Waals surface area contributed by atoms with Crippen molar-refractivity contribution in [3.8, 4) is 16.9 Å². The molecule has 0 saturated carbocycles. The maximum absolute atomic E-state index is 12.2. The molecular formula is C26H30N2O2. The van der Waals surface area contributed by atoms with Gasteiger partial charge < -0.3 is 9.64 Å². The van der Waals surface area contributed by atoms with Crippen LogP contribution in [0.2, 0.25) is 0 Å². The number of aryl methyl sites for hydroxylation is 1. The van der Waals surface area contributed by atoms with Crippen LogP contribution < -0.4 is 4.74 Å². The molecule has 1 aliphatic rings. The number of carbonyl (C=O) groups is 1. The number of benzene rings is 2. The highest BCUT2D eigenvalue weighted by molar-refractivity contribution is 5.88. The number of rotatable bonds is 6. The van der Waals surface area contributed by atoms with Gasteiger partial charge in [-0.05, 0) is 48.2 Å². The van der Waals surface area contributed by atoms with E-state index in [-0.39, 0.29) is 6.10 Å². The van der Waals surface area contributed by atoms with Gasteiger partial charge in [0.1, 0.15) is 11.9 Å². The average molecular weight is 403 g/mol. The smallest absolute Gasteiger partial charge is 0.222 e. The van der Waals surface area contributed by atoms with Gasteiger partial charge in [0.15, 0.2) is 0 Å². The Labute approximate surface area is 178 Å². The van der Waals surface area contributed by atoms with Crippen molar-refractivity contribution in [2.45, 2.75) is 52.1 Å². The zero-order chi connectivity index (χ0) is 20.9. The standard InChI is InChI=1S/C26H30N2O2/c1-3-4-7-25(29)28-17-14-23(15-18-28)30-22-11-8-20(9-12-22)24-13-10-21-6-5-16-27-26(21)19(24)2/h5-6,8-13,16,23H,3-4,7,14-15,17-18H2,1-2H3. The summed E-state index contributed by atoms with van der Waals surface area (Å²) in [6.07, 6.45) is 6.54. The van der Waals surface area contributed by atoms with Crippen LogP contribution in [-0.2, 0) is 4.79 Å². The Morgan fingerprint density at radius 3 is 2.60 bits per heavy atom. The second kappa shape index (κ2) is 9.29. The minimum atomic E-state index is 0.178. The SMILES string of the molecule is CCCCC(=O)N1CCC(Oc2ccc(-c3ccc4cccnc4c3C)cc2)CC1. The summed E-state index contributed by atoms with van der Waals surface area (Å²) in [6.45, 7) is 5.85. The molecule has 3 aromatic rings. The van der Waals surface area contributed by atoms with E-state index in [2.05, 4.69) is 61.3 Å². The molecule has 1 saturated heterocycles. The third-order valence-electron chi connectivity index (χ3n) is 6.03. The van der Waals surface area contributed by atoms with Gasteiger partial charge in [0.25, 0.3) is 0 Å². The molecule has 0 aliphatic carbocycles. The van der Waals surface area contributed by atoms with E-state index in [9.17, 15) is 4.79 Å². The van der Waals surface area contributed by atoms with Gasteiger partial charge in [-0.15, -0.1) is 0 Å². The van der Waals surface area contributed by atoms with Crippen LogP contribution in [0.15, 0.2) is 54.7 Å². The number of aromatic nitrogens is 1. The summed E-state index contributed by atoms with van der Waals surface area (Å²) in [5, 5.41) is 1.17. The van der Waals surface area contributed by atoms with E-state index in [1.54, 1.807) is 0 Å². The maximum Gasteiger partial charge on any atom is 0.222 e. The topological polar surface area (TPSA) is 42.4 Å². The zero-order valence-electron chi connectivity index (χ0n) is 17.9. The first-order valence-corrected chi connectivity index (χ1v) is 11.0. The molecule has 2 heterocycles. The maximum atomic E-state index is 12.2. The minimum Gasteiger partial charge on any atom is -0.490 e. The number of fused-ring (bicyclic) bond motifs is 1. The highest BCUT2D eigenvalue weighted by Crippen LogP contribution is 2.30. The normalized spacial score (nSPS) is 14.8. The number of pyridine rings is 1. The van der Waals surface area contributed by atoms with Crippen molar-refractivity contribution in [2.24, 2.45) is 0 Å². The molecule has 0 atom stereocenters. The number of unbranched alkanes of at least 4 members (excludes halogenated alkanes) is 1. The first-order valence-electron chi connectivity index (χ1n) is 11.0. The number of carbonyl (C=O) groups excluding carboxylic acids is 1. The summed E-state index contributed by atoms with van der Waals surface area (Å²) >= 11 is 0. The van der Waals surface area contributed by atoms with E-state index in [4.69, 9.17) is 4.74 Å². The molecular weight excluding hydrogens is 372 g/mol. The van der Waals surface area contributed by atoms with Gasteiger partial charge in [0.05, 0.1) is 5.52 Å². The average Bonchev–Trinajstić information content (AvgIpc) is 2.79. The molecule has 0 N–H and O–H groups in total. The molecule has 30 heavy (non-hydrogen) atoms. The summed E-state index contributed by atoms with van der Waals surface area (Å²) in [5.41, 5.74) is 4.62. The van der Waals surface area contributed by atoms with Gasteiger partial charge in [-0.1, -0.05) is 43.7 Å². The fourth-order valence-corrected chi connectivity index (χ4v) is 4.22. The van der Waals surface area contributed by atoms with E-state index in [1.807, 2.05) is 17.2 Å². The second-order valence-electron chi connectivity index (χ2n) is 8.14. The summed E-state index contributed by atoms with van der Waals surface area (Å²) in [7, 11) is 0. The van der Waals surface area contributed by atoms with Crippen LogP contribution in [0.1, 0.15) is 44.6 Å². The van der Waals surface area contributed by atoms with Crippen molar-refractivity contribution in [3.05, 3.63) is 60.3 Å². The summed E-state index contributed by atoms with van der Waals surface area (Å²) in [6, 6.07) is 16.7. The van der Waals surface area contributed by atoms with Gasteiger partial charge in [-0.3, -0.25) is 9.78 Å². The number of likely N-dealkylation sites (tertiary alicyclic amines) is 1. The predicted molar refractivity (Wildman–Crippen MR) is 122 cm³/mol. The van der Waals surface area contributed by atoms with Gasteiger partial charge in [0.2, 0.25) is 5.91 Å². The number of nitrogens with zero attached hydrogens (tertiary/aromatic N) is 2. The predicted octanol–water partition coefficient (Wildman–Crippen LogP) is 5.77. The van der Waals surface area contributed by atoms with Crippen molar-refractivity contribution in [2.75, 3.05) is 13.1 Å². The highest BCUT2D eigenvalue weighted by Gasteiger charge is 2.23. The molecule has 4 rings (SSSR count). The third-order valence-corrected chi connectivity index (χ3v) is 6.03. The van der Waals surface area contributed by atoms with Gasteiger partial charge >= 0.3 is 0 Å². The quantitative estimate of drug-likeness (QED) is 0.526. The van der Waals surface area contributed by atoms with Gasteiger partial charge in [-0.25, -0.2) is 0 Å². The lowest BCUT2D eigenvalue weighted by molar-refractivity contribution is -0.133. The molecule has 1 amide bonds. The first kappa shape index (κ1) is 20.4. The summed E-state index contributed by atoms with van der Waals surface area (Å²) < 4.78 is 6.21. The van der Waals surface area contributed by atoms with Crippen molar-refractivity contribution in [3.63, 3.8) is 0 Å². The van der Waals surface area contributed by atoms with E-state index in [0.717, 1.165) is 50.0 Å². The van der Waals surface area contributed by atoms with Crippen LogP contribution in [0.3, 0.4) is 0 Å². The van der Waals surface area contributed by atoms with Crippen LogP contribution in [-0.4, -0.2) is 35.0 Å². The van der Waals surface area contributed by atoms with Crippen LogP contribution in [0.25, 0.3) is 22.0 Å². The lowest BCUT2D eigenvalue weighted by Crippen LogP contribution is -2.41. The van der Waals surface area contributed by atoms with E-state index < -0.39 is 0 Å². The molecule has 0 unspecified atom stereocenters. The Morgan fingerprint density at radius 1 is 1.10 bits per heavy atom. The molecule has 0 spiro atoms. The number of ether oxygens (including phenoxy) is 1. The molecule has 4 nitrogen and oxygen atoms in total. The Balaban J connectivity index is 1.38. The highest BCUT2D eigenvalue weighted by atomic mass is 16.5. The van der Waals surface area contributed by atoms with Crippen molar-refractivity contribution in [1.29, 1.82) is 0 Å². The molecule has 4 heteroatoms. The monoisotopic (exact) mass is 402 g/mol. The van der Waals surface area contributed by atoms with Crippen LogP contribution in [0.5, 0.6) is 5.75 Å². The number of hydrogen-bond donors (Lipinski definition) is 0. The number of hydrogen-bond acceptors (Lipinski definition) is 3. The summed E-state index contributed by atoms with van der Waals surface area (Å²) in [5.74, 6) is 1.19. The lowest BCUT2D eigenvalue weighted by atomic mass is 9.98. The van der Waals surface area contributed by atoms with E-state index >= 15 is 0 Å². The fourth-order valence-electron chi connectivity index (χ4n) is 4.22. The zero-order valence-corrected chi connectivity index (χ0v) is 17.9. The lowest BCUT2D eigenvalue weighted by Gasteiger charge is -2.32. The number of piperidine rings is 1. The molecule has 0 radical (unpaired) electrons. The third kappa shape index (κ3) is 4.48. The molecule has 2 aromatic carbocycles. The Bertz CT molecular complexity index is 1010. The fraction of sp³-hybridized carbons (Fsp3) is 0.385. The molecule has 156 valence electrons. The van der Waals surface area contributed by atoms with Gasteiger partial charge in [-0.2, -0.15) is 0 Å². The molecule has 1 aromatic heterocycles. The Morgan fingerprint density at radius 2 is 1.87 bits per heavy atom. The van der Waals surface area contributed by atoms with Gasteiger partial charge in [0, 0.05) is 43.9 Å². The first-order chi connectivity index (χ1) is 14.7. The Hall–Kier alpha value is -2.88. The molecule has 0 bridgehead atoms. The van der Waals surface area contributed by atoms with E-state index in [0.29, 0.717) is 12.3 Å².